The SMILES string of the molecule is CC1(C)C(N)CCCN1C(=O)CC1CCCCC1. The summed E-state index contributed by atoms with van der Waals surface area (Å²) in [7, 11) is 0. The Morgan fingerprint density at radius 1 is 1.17 bits per heavy atom. The summed E-state index contributed by atoms with van der Waals surface area (Å²) in [5, 5.41) is 0. The Balaban J connectivity index is 1.94. The van der Waals surface area contributed by atoms with Crippen LogP contribution in [-0.2, 0) is 4.79 Å². The maximum absolute atomic E-state index is 12.5. The van der Waals surface area contributed by atoms with E-state index < -0.39 is 0 Å². The molecule has 0 bridgehead atoms. The maximum Gasteiger partial charge on any atom is 0.223 e. The van der Waals surface area contributed by atoms with Crippen LogP contribution in [0.1, 0.15) is 65.2 Å². The molecule has 1 aliphatic heterocycles. The highest BCUT2D eigenvalue weighted by molar-refractivity contribution is 5.77. The number of nitrogens with two attached hydrogens (primary N) is 1. The normalized spacial score (nSPS) is 29.3. The molecule has 2 aliphatic rings. The molecule has 1 aliphatic carbocycles. The van der Waals surface area contributed by atoms with Gasteiger partial charge in [0.2, 0.25) is 5.91 Å². The van der Waals surface area contributed by atoms with Gasteiger partial charge in [-0.05, 0) is 45.4 Å². The molecule has 1 amide bonds. The van der Waals surface area contributed by atoms with Crippen LogP contribution >= 0.6 is 0 Å². The molecule has 1 saturated carbocycles. The first-order valence-electron chi connectivity index (χ1n) is 7.58. The minimum atomic E-state index is -0.163. The summed E-state index contributed by atoms with van der Waals surface area (Å²) < 4.78 is 0. The van der Waals surface area contributed by atoms with E-state index in [9.17, 15) is 4.79 Å². The number of carbonyl (C=O) groups is 1. The van der Waals surface area contributed by atoms with E-state index in [0.29, 0.717) is 11.8 Å². The first-order valence-corrected chi connectivity index (χ1v) is 7.58. The molecule has 2 N–H and O–H groups in total. The highest BCUT2D eigenvalue weighted by Crippen LogP contribution is 2.31. The van der Waals surface area contributed by atoms with E-state index >= 15 is 0 Å². The summed E-state index contributed by atoms with van der Waals surface area (Å²) in [4.78, 5) is 14.5. The monoisotopic (exact) mass is 252 g/mol. The van der Waals surface area contributed by atoms with Crippen molar-refractivity contribution in [3.8, 4) is 0 Å². The molecule has 0 radical (unpaired) electrons. The van der Waals surface area contributed by atoms with Crippen LogP contribution in [0.3, 0.4) is 0 Å². The van der Waals surface area contributed by atoms with Gasteiger partial charge < -0.3 is 10.6 Å². The van der Waals surface area contributed by atoms with Crippen molar-refractivity contribution in [1.82, 2.24) is 4.90 Å². The van der Waals surface area contributed by atoms with Crippen molar-refractivity contribution in [3.63, 3.8) is 0 Å². The quantitative estimate of drug-likeness (QED) is 0.821. The lowest BCUT2D eigenvalue weighted by Gasteiger charge is -2.47. The number of amides is 1. The van der Waals surface area contributed by atoms with Gasteiger partial charge >= 0.3 is 0 Å². The lowest BCUT2D eigenvalue weighted by Crippen LogP contribution is -2.61. The first-order chi connectivity index (χ1) is 8.51. The van der Waals surface area contributed by atoms with Crippen LogP contribution in [0.4, 0.5) is 0 Å². The number of piperidine rings is 1. The Morgan fingerprint density at radius 2 is 1.83 bits per heavy atom. The number of rotatable bonds is 2. The van der Waals surface area contributed by atoms with Gasteiger partial charge in [-0.3, -0.25) is 4.79 Å². The molecular weight excluding hydrogens is 224 g/mol. The number of likely N-dealkylation sites (tertiary alicyclic amines) is 1. The third-order valence-electron chi connectivity index (χ3n) is 4.99. The molecule has 18 heavy (non-hydrogen) atoms. The van der Waals surface area contributed by atoms with Crippen molar-refractivity contribution in [2.45, 2.75) is 76.8 Å². The predicted molar refractivity (Wildman–Crippen MR) is 74.2 cm³/mol. The Bertz CT molecular complexity index is 295. The van der Waals surface area contributed by atoms with Crippen molar-refractivity contribution < 1.29 is 4.79 Å². The Labute approximate surface area is 111 Å². The fourth-order valence-electron chi connectivity index (χ4n) is 3.51. The second-order valence-electron chi connectivity index (χ2n) is 6.66. The molecule has 0 aromatic heterocycles. The molecule has 1 saturated heterocycles. The van der Waals surface area contributed by atoms with Gasteiger partial charge in [0.1, 0.15) is 0 Å². The van der Waals surface area contributed by atoms with Crippen LogP contribution in [0.25, 0.3) is 0 Å². The Morgan fingerprint density at radius 3 is 2.50 bits per heavy atom. The summed E-state index contributed by atoms with van der Waals surface area (Å²) >= 11 is 0. The van der Waals surface area contributed by atoms with Crippen molar-refractivity contribution in [1.29, 1.82) is 0 Å². The summed E-state index contributed by atoms with van der Waals surface area (Å²) in [5.41, 5.74) is 6.02. The maximum atomic E-state index is 12.5. The van der Waals surface area contributed by atoms with Gasteiger partial charge in [-0.25, -0.2) is 0 Å². The fraction of sp³-hybridized carbons (Fsp3) is 0.933. The predicted octanol–water partition coefficient (Wildman–Crippen LogP) is 2.69. The van der Waals surface area contributed by atoms with Crippen LogP contribution in [0.15, 0.2) is 0 Å². The standard InChI is InChI=1S/C15H28N2O/c1-15(2)13(16)9-6-10-17(15)14(18)11-12-7-4-3-5-8-12/h12-13H,3-11,16H2,1-2H3. The molecule has 104 valence electrons. The molecular formula is C15H28N2O. The second kappa shape index (κ2) is 5.60. The van der Waals surface area contributed by atoms with E-state index in [4.69, 9.17) is 5.73 Å². The van der Waals surface area contributed by atoms with Gasteiger partial charge in [-0.1, -0.05) is 19.3 Å². The molecule has 1 atom stereocenters. The average Bonchev–Trinajstić information content (AvgIpc) is 2.33. The summed E-state index contributed by atoms with van der Waals surface area (Å²) in [6, 6.07) is 0.126. The van der Waals surface area contributed by atoms with E-state index in [1.54, 1.807) is 0 Å². The third-order valence-corrected chi connectivity index (χ3v) is 4.99. The van der Waals surface area contributed by atoms with E-state index in [1.165, 1.54) is 32.1 Å². The Hall–Kier alpha value is -0.570. The number of nitrogens with zero attached hydrogens (tertiary/aromatic N) is 1. The largest absolute Gasteiger partial charge is 0.336 e. The fourth-order valence-corrected chi connectivity index (χ4v) is 3.51. The molecule has 1 unspecified atom stereocenters. The summed E-state index contributed by atoms with van der Waals surface area (Å²) in [6.07, 6.45) is 9.29. The van der Waals surface area contributed by atoms with Crippen LogP contribution in [0, 0.1) is 5.92 Å². The molecule has 0 aromatic rings. The summed E-state index contributed by atoms with van der Waals surface area (Å²) in [5.74, 6) is 0.960. The average molecular weight is 252 g/mol. The third kappa shape index (κ3) is 2.87. The van der Waals surface area contributed by atoms with E-state index in [1.807, 2.05) is 0 Å². The molecule has 0 spiro atoms. The van der Waals surface area contributed by atoms with E-state index in [0.717, 1.165) is 25.8 Å². The zero-order chi connectivity index (χ0) is 13.2. The molecule has 0 aromatic carbocycles. The van der Waals surface area contributed by atoms with E-state index in [2.05, 4.69) is 18.7 Å². The number of hydrogen-bond acceptors (Lipinski definition) is 2. The van der Waals surface area contributed by atoms with Gasteiger partial charge in [-0.15, -0.1) is 0 Å². The zero-order valence-corrected chi connectivity index (χ0v) is 12.0. The molecule has 2 fully saturated rings. The van der Waals surface area contributed by atoms with Crippen molar-refractivity contribution in [2.24, 2.45) is 11.7 Å². The molecule has 1 heterocycles. The number of carbonyl (C=O) groups excluding carboxylic acids is 1. The highest BCUT2D eigenvalue weighted by atomic mass is 16.2. The van der Waals surface area contributed by atoms with Gasteiger partial charge in [-0.2, -0.15) is 0 Å². The van der Waals surface area contributed by atoms with E-state index in [-0.39, 0.29) is 11.6 Å². The second-order valence-corrected chi connectivity index (χ2v) is 6.66. The topological polar surface area (TPSA) is 46.3 Å². The molecule has 3 nitrogen and oxygen atoms in total. The van der Waals surface area contributed by atoms with Gasteiger partial charge in [0.15, 0.2) is 0 Å². The highest BCUT2D eigenvalue weighted by Gasteiger charge is 2.39. The van der Waals surface area contributed by atoms with Gasteiger partial charge in [0.05, 0.1) is 5.54 Å². The lowest BCUT2D eigenvalue weighted by molar-refractivity contribution is -0.140. The Kier molecular flexibility index (Phi) is 4.31. The minimum absolute atomic E-state index is 0.126. The zero-order valence-electron chi connectivity index (χ0n) is 12.0. The van der Waals surface area contributed by atoms with Crippen LogP contribution < -0.4 is 5.73 Å². The number of hydrogen-bond donors (Lipinski definition) is 1. The lowest BCUT2D eigenvalue weighted by atomic mass is 9.83. The molecule has 2 rings (SSSR count). The minimum Gasteiger partial charge on any atom is -0.336 e. The van der Waals surface area contributed by atoms with Crippen molar-refractivity contribution in [2.75, 3.05) is 6.54 Å². The van der Waals surface area contributed by atoms with Gasteiger partial charge in [0, 0.05) is 19.0 Å². The molecule has 3 heteroatoms. The summed E-state index contributed by atoms with van der Waals surface area (Å²) in [6.45, 7) is 5.14. The van der Waals surface area contributed by atoms with Crippen LogP contribution in [0.5, 0.6) is 0 Å². The van der Waals surface area contributed by atoms with Gasteiger partial charge in [0.25, 0.3) is 0 Å². The van der Waals surface area contributed by atoms with Crippen LogP contribution in [-0.4, -0.2) is 28.9 Å². The van der Waals surface area contributed by atoms with Crippen molar-refractivity contribution in [3.05, 3.63) is 0 Å². The first kappa shape index (κ1) is 13.9. The van der Waals surface area contributed by atoms with Crippen molar-refractivity contribution >= 4 is 5.91 Å². The smallest absolute Gasteiger partial charge is 0.223 e. The van der Waals surface area contributed by atoms with Crippen LogP contribution in [0.2, 0.25) is 0 Å².